The number of fused-ring (bicyclic) bond motifs is 1. The van der Waals surface area contributed by atoms with E-state index in [2.05, 4.69) is 16.8 Å². The van der Waals surface area contributed by atoms with E-state index in [9.17, 15) is 9.18 Å². The number of hydrogen-bond acceptors (Lipinski definition) is 3. The number of hydrogen-bond donors (Lipinski definition) is 0. The van der Waals surface area contributed by atoms with Crippen LogP contribution in [0.1, 0.15) is 31.2 Å². The van der Waals surface area contributed by atoms with E-state index in [-0.39, 0.29) is 23.9 Å². The van der Waals surface area contributed by atoms with Gasteiger partial charge in [0.25, 0.3) is 0 Å². The van der Waals surface area contributed by atoms with Crippen LogP contribution in [-0.4, -0.2) is 54.0 Å². The normalized spacial score (nSPS) is 27.9. The summed E-state index contributed by atoms with van der Waals surface area (Å²) in [6.07, 6.45) is 13.1. The summed E-state index contributed by atoms with van der Waals surface area (Å²) in [6.45, 7) is 1.34. The van der Waals surface area contributed by atoms with Crippen LogP contribution in [0.2, 0.25) is 0 Å². The van der Waals surface area contributed by atoms with Gasteiger partial charge in [-0.15, -0.1) is 0 Å². The summed E-state index contributed by atoms with van der Waals surface area (Å²) in [7, 11) is 1.68. The van der Waals surface area contributed by atoms with Crippen molar-refractivity contribution in [3.05, 3.63) is 71.7 Å². The predicted octanol–water partition coefficient (Wildman–Crippen LogP) is 4.28. The molecule has 2 heterocycles. The van der Waals surface area contributed by atoms with Crippen molar-refractivity contribution in [3.8, 4) is 11.8 Å². The Balaban J connectivity index is 1.56. The Hall–Kier alpha value is -3.17. The van der Waals surface area contributed by atoms with Crippen LogP contribution < -0.4 is 0 Å². The Bertz CT molecular complexity index is 1020. The van der Waals surface area contributed by atoms with Gasteiger partial charge < -0.3 is 9.64 Å². The highest BCUT2D eigenvalue weighted by molar-refractivity contribution is 6.06. The van der Waals surface area contributed by atoms with E-state index in [0.717, 1.165) is 25.7 Å². The lowest BCUT2D eigenvalue weighted by molar-refractivity contribution is 0.165. The SMILES string of the molecule is COCCCN1C(=O)N(C2=N/C=C(C#Cc3cccc(F)c3)\C=C\C=C\2)[C@@H]2CCC[C@@H]21. The average molecular weight is 420 g/mol. The largest absolute Gasteiger partial charge is 0.385 e. The van der Waals surface area contributed by atoms with Gasteiger partial charge in [0.15, 0.2) is 0 Å². The number of amidine groups is 1. The number of nitrogens with zero attached hydrogens (tertiary/aromatic N) is 3. The van der Waals surface area contributed by atoms with Gasteiger partial charge in [0, 0.05) is 37.6 Å². The molecule has 5 nitrogen and oxygen atoms in total. The average Bonchev–Trinajstić information content (AvgIpc) is 3.30. The van der Waals surface area contributed by atoms with Gasteiger partial charge in [-0.2, -0.15) is 0 Å². The van der Waals surface area contributed by atoms with Crippen molar-refractivity contribution < 1.29 is 13.9 Å². The summed E-state index contributed by atoms with van der Waals surface area (Å²) >= 11 is 0. The first-order valence-electron chi connectivity index (χ1n) is 10.7. The second-order valence-corrected chi connectivity index (χ2v) is 7.81. The smallest absolute Gasteiger partial charge is 0.326 e. The van der Waals surface area contributed by atoms with Crippen LogP contribution in [-0.2, 0) is 4.74 Å². The van der Waals surface area contributed by atoms with Crippen molar-refractivity contribution in [2.24, 2.45) is 4.99 Å². The van der Waals surface area contributed by atoms with Gasteiger partial charge in [-0.1, -0.05) is 30.1 Å². The number of benzene rings is 1. The number of rotatable bonds is 4. The Morgan fingerprint density at radius 3 is 2.87 bits per heavy atom. The molecular formula is C25H26FN3O2. The summed E-state index contributed by atoms with van der Waals surface area (Å²) < 4.78 is 18.5. The van der Waals surface area contributed by atoms with Crippen LogP contribution in [0, 0.1) is 17.7 Å². The molecule has 0 aromatic heterocycles. The third kappa shape index (κ3) is 4.78. The van der Waals surface area contributed by atoms with Gasteiger partial charge in [0.1, 0.15) is 11.7 Å². The van der Waals surface area contributed by atoms with E-state index in [1.165, 1.54) is 12.1 Å². The van der Waals surface area contributed by atoms with E-state index in [4.69, 9.17) is 4.74 Å². The topological polar surface area (TPSA) is 45.1 Å². The molecule has 0 N–H and O–H groups in total. The number of carbonyl (C=O) groups excluding carboxylic acids is 1. The Labute approximate surface area is 182 Å². The van der Waals surface area contributed by atoms with Crippen molar-refractivity contribution in [1.82, 2.24) is 9.80 Å². The molecule has 1 aromatic carbocycles. The van der Waals surface area contributed by atoms with Crippen molar-refractivity contribution in [2.75, 3.05) is 20.3 Å². The molecule has 1 aliphatic carbocycles. The minimum atomic E-state index is -0.314. The minimum absolute atomic E-state index is 0.0135. The monoisotopic (exact) mass is 419 g/mol. The lowest BCUT2D eigenvalue weighted by Gasteiger charge is -2.22. The number of urea groups is 1. The van der Waals surface area contributed by atoms with Gasteiger partial charge in [-0.05, 0) is 56.0 Å². The number of methoxy groups -OCH3 is 1. The number of allylic oxidation sites excluding steroid dienone is 4. The van der Waals surface area contributed by atoms with Crippen LogP contribution in [0.15, 0.2) is 65.3 Å². The van der Waals surface area contributed by atoms with E-state index >= 15 is 0 Å². The lowest BCUT2D eigenvalue weighted by atomic mass is 10.1. The summed E-state index contributed by atoms with van der Waals surface area (Å²) in [5.41, 5.74) is 1.30. The third-order valence-corrected chi connectivity index (χ3v) is 5.77. The van der Waals surface area contributed by atoms with Gasteiger partial charge in [-0.3, -0.25) is 4.90 Å². The molecule has 3 aliphatic rings. The first-order chi connectivity index (χ1) is 15.2. The molecule has 31 heavy (non-hydrogen) atoms. The number of halogens is 1. The molecule has 1 aromatic rings. The van der Waals surface area contributed by atoms with Crippen LogP contribution >= 0.6 is 0 Å². The molecule has 2 amide bonds. The quantitative estimate of drug-likeness (QED) is 0.540. The zero-order valence-corrected chi connectivity index (χ0v) is 17.6. The van der Waals surface area contributed by atoms with Crippen LogP contribution in [0.25, 0.3) is 0 Å². The van der Waals surface area contributed by atoms with Gasteiger partial charge in [0.05, 0.1) is 12.1 Å². The Morgan fingerprint density at radius 1 is 1.19 bits per heavy atom. The lowest BCUT2D eigenvalue weighted by Crippen LogP contribution is -2.39. The minimum Gasteiger partial charge on any atom is -0.385 e. The second-order valence-electron chi connectivity index (χ2n) is 7.81. The molecule has 2 fully saturated rings. The standard InChI is InChI=1S/C25H26FN3O2/c1-31-16-6-15-28-22-10-5-11-23(22)29(25(28)30)24-12-3-2-7-20(18-27-24)14-13-19-8-4-9-21(26)17-19/h2-4,7-9,12,17-18,22-23H,5-6,10-11,15-16H2,1H3/b3-2?,7-2+,12-3+,20-7?,20-18+,24-12?,27-18?,27-24+/t22-,23+/m0/s1. The van der Waals surface area contributed by atoms with Crippen molar-refractivity contribution in [3.63, 3.8) is 0 Å². The molecular weight excluding hydrogens is 393 g/mol. The summed E-state index contributed by atoms with van der Waals surface area (Å²) in [6, 6.07) is 6.59. The molecule has 4 rings (SSSR count). The number of amides is 2. The first kappa shape index (κ1) is 21.1. The number of ether oxygens (including phenoxy) is 1. The van der Waals surface area contributed by atoms with Gasteiger partial charge in [0.2, 0.25) is 0 Å². The molecule has 6 heteroatoms. The molecule has 160 valence electrons. The molecule has 0 spiro atoms. The van der Waals surface area contributed by atoms with Crippen LogP contribution in [0.4, 0.5) is 9.18 Å². The van der Waals surface area contributed by atoms with E-state index in [0.29, 0.717) is 30.1 Å². The fourth-order valence-electron chi connectivity index (χ4n) is 4.37. The molecule has 1 saturated carbocycles. The molecule has 2 atom stereocenters. The molecule has 0 bridgehead atoms. The van der Waals surface area contributed by atoms with Crippen molar-refractivity contribution in [1.29, 1.82) is 0 Å². The maximum Gasteiger partial charge on any atom is 0.326 e. The van der Waals surface area contributed by atoms with Gasteiger partial charge >= 0.3 is 6.03 Å². The van der Waals surface area contributed by atoms with Gasteiger partial charge in [-0.25, -0.2) is 14.2 Å². The fraction of sp³-hybridized carbons (Fsp3) is 0.360. The maximum atomic E-state index is 13.4. The fourth-order valence-corrected chi connectivity index (χ4v) is 4.37. The zero-order chi connectivity index (χ0) is 21.6. The number of carbonyl (C=O) groups is 1. The Morgan fingerprint density at radius 2 is 2.03 bits per heavy atom. The molecule has 0 radical (unpaired) electrons. The maximum absolute atomic E-state index is 13.4. The summed E-state index contributed by atoms with van der Waals surface area (Å²) in [5.74, 6) is 6.32. The first-order valence-corrected chi connectivity index (χ1v) is 10.7. The second kappa shape index (κ2) is 9.76. The molecule has 0 unspecified atom stereocenters. The zero-order valence-electron chi connectivity index (χ0n) is 17.6. The highest BCUT2D eigenvalue weighted by Gasteiger charge is 2.49. The molecule has 2 aliphatic heterocycles. The van der Waals surface area contributed by atoms with E-state index in [1.807, 2.05) is 34.1 Å². The van der Waals surface area contributed by atoms with Crippen LogP contribution in [0.3, 0.4) is 0 Å². The van der Waals surface area contributed by atoms with E-state index in [1.54, 1.807) is 25.4 Å². The van der Waals surface area contributed by atoms with Crippen molar-refractivity contribution in [2.45, 2.75) is 37.8 Å². The van der Waals surface area contributed by atoms with Crippen molar-refractivity contribution >= 4 is 11.9 Å². The molecule has 1 saturated heterocycles. The summed E-state index contributed by atoms with van der Waals surface area (Å²) in [5, 5.41) is 0. The third-order valence-electron chi connectivity index (χ3n) is 5.77. The Kier molecular flexibility index (Phi) is 6.63. The predicted molar refractivity (Wildman–Crippen MR) is 119 cm³/mol. The summed E-state index contributed by atoms with van der Waals surface area (Å²) in [4.78, 5) is 21.7. The van der Waals surface area contributed by atoms with Crippen LogP contribution in [0.5, 0.6) is 0 Å². The van der Waals surface area contributed by atoms with E-state index < -0.39 is 0 Å². The number of aliphatic imine (C=N–C) groups is 1. The highest BCUT2D eigenvalue weighted by Crippen LogP contribution is 2.36. The highest BCUT2D eigenvalue weighted by atomic mass is 19.1.